The van der Waals surface area contributed by atoms with Gasteiger partial charge in [-0.3, -0.25) is 19.6 Å². The molecule has 2 aromatic rings. The van der Waals surface area contributed by atoms with Crippen LogP contribution in [0, 0.1) is 23.7 Å². The maximum Gasteiger partial charge on any atom is 0.264 e. The molecule has 0 fully saturated rings. The van der Waals surface area contributed by atoms with Crippen LogP contribution in [-0.4, -0.2) is 65.9 Å². The van der Waals surface area contributed by atoms with Crippen molar-refractivity contribution in [1.29, 1.82) is 0 Å². The highest BCUT2D eigenvalue weighted by atomic mass is 32.2. The fourth-order valence-corrected chi connectivity index (χ4v) is 3.37. The molecule has 8 nitrogen and oxygen atoms in total. The Morgan fingerprint density at radius 3 is 2.69 bits per heavy atom. The molecular formula is C20H24N4O4S. The second kappa shape index (κ2) is 9.10. The zero-order valence-electron chi connectivity index (χ0n) is 16.9. The van der Waals surface area contributed by atoms with Crippen molar-refractivity contribution >= 4 is 26.6 Å². The Hall–Kier alpha value is -2.85. The summed E-state index contributed by atoms with van der Waals surface area (Å²) in [5.41, 5.74) is 2.95. The summed E-state index contributed by atoms with van der Waals surface area (Å²) >= 11 is 0. The first-order chi connectivity index (χ1) is 13.6. The average molecular weight is 417 g/mol. The van der Waals surface area contributed by atoms with Gasteiger partial charge in [-0.2, -0.15) is 5.10 Å². The van der Waals surface area contributed by atoms with Gasteiger partial charge in [0.1, 0.15) is 0 Å². The van der Waals surface area contributed by atoms with E-state index < -0.39 is 20.5 Å². The average Bonchev–Trinajstić information content (AvgIpc) is 3.06. The number of rotatable bonds is 6. The van der Waals surface area contributed by atoms with Crippen molar-refractivity contribution in [1.82, 2.24) is 20.2 Å². The van der Waals surface area contributed by atoms with E-state index in [2.05, 4.69) is 28.8 Å². The number of carbonyl (C=O) groups excluding carboxylic acids is 1. The van der Waals surface area contributed by atoms with E-state index in [0.29, 0.717) is 6.54 Å². The third kappa shape index (κ3) is 5.58. The van der Waals surface area contributed by atoms with Crippen LogP contribution >= 0.6 is 0 Å². The number of hydrogen-bond acceptors (Lipinski definition) is 6. The van der Waals surface area contributed by atoms with Gasteiger partial charge in [-0.15, -0.1) is 0 Å². The van der Waals surface area contributed by atoms with Gasteiger partial charge in [-0.05, 0) is 57.5 Å². The molecule has 29 heavy (non-hydrogen) atoms. The molecule has 0 bridgehead atoms. The fraction of sp³-hybridized carbons (Fsp3) is 0.400. The lowest BCUT2D eigenvalue weighted by atomic mass is 10.1. The Morgan fingerprint density at radius 1 is 1.34 bits per heavy atom. The van der Waals surface area contributed by atoms with Crippen LogP contribution in [0.1, 0.15) is 18.9 Å². The number of aryl methyl sites for hydroxylation is 1. The molecule has 0 saturated carbocycles. The maximum absolute atomic E-state index is 12.0. The van der Waals surface area contributed by atoms with Gasteiger partial charge >= 0.3 is 0 Å². The predicted octanol–water partition coefficient (Wildman–Crippen LogP) is 0.652. The van der Waals surface area contributed by atoms with E-state index in [-0.39, 0.29) is 13.0 Å². The smallest absolute Gasteiger partial charge is 0.264 e. The number of sulfone groups is 1. The second-order valence-corrected chi connectivity index (χ2v) is 9.59. The van der Waals surface area contributed by atoms with Crippen molar-refractivity contribution in [2.45, 2.75) is 24.6 Å². The standard InChI is InChI=1S/C20H24N4O4S/c1-20(19(25)22-26,29(4,27)28)11-13-24-15-17-14-16(9-10-18(17)21-24)8-6-5-7-12-23(2)3/h9-10,14-15,26H,11-13H2,1-4H3,(H,22,25)/t20-/m1/s1. The number of amides is 1. The highest BCUT2D eigenvalue weighted by molar-refractivity contribution is 7.92. The Morgan fingerprint density at radius 2 is 2.07 bits per heavy atom. The Balaban J connectivity index is 2.19. The van der Waals surface area contributed by atoms with Crippen molar-refractivity contribution in [2.24, 2.45) is 0 Å². The van der Waals surface area contributed by atoms with E-state index >= 15 is 0 Å². The normalized spacial score (nSPS) is 13.2. The summed E-state index contributed by atoms with van der Waals surface area (Å²) in [6.07, 6.45) is 2.69. The highest BCUT2D eigenvalue weighted by Crippen LogP contribution is 2.23. The van der Waals surface area contributed by atoms with Gasteiger partial charge in [0.05, 0.1) is 12.1 Å². The summed E-state index contributed by atoms with van der Waals surface area (Å²) in [5.74, 6) is 10.6. The molecule has 1 atom stereocenters. The van der Waals surface area contributed by atoms with E-state index in [1.807, 2.05) is 37.2 Å². The lowest BCUT2D eigenvalue weighted by Gasteiger charge is -2.24. The zero-order chi connectivity index (χ0) is 21.7. The quantitative estimate of drug-likeness (QED) is 0.407. The second-order valence-electron chi connectivity index (χ2n) is 7.15. The number of carbonyl (C=O) groups is 1. The van der Waals surface area contributed by atoms with Crippen molar-refractivity contribution in [3.05, 3.63) is 30.0 Å². The topological polar surface area (TPSA) is 105 Å². The van der Waals surface area contributed by atoms with Crippen LogP contribution in [0.15, 0.2) is 24.4 Å². The summed E-state index contributed by atoms with van der Waals surface area (Å²) in [7, 11) is 0.115. The Bertz CT molecular complexity index is 1130. The number of benzene rings is 1. The minimum absolute atomic E-state index is 0.0413. The first kappa shape index (κ1) is 22.4. The summed E-state index contributed by atoms with van der Waals surface area (Å²) in [5, 5.41) is 14.1. The number of hydrogen-bond donors (Lipinski definition) is 2. The van der Waals surface area contributed by atoms with E-state index in [1.54, 1.807) is 10.9 Å². The van der Waals surface area contributed by atoms with Crippen LogP contribution in [0.25, 0.3) is 10.9 Å². The van der Waals surface area contributed by atoms with Crippen LogP contribution < -0.4 is 5.48 Å². The molecule has 1 aromatic heterocycles. The van der Waals surface area contributed by atoms with Crippen LogP contribution in [0.5, 0.6) is 0 Å². The molecule has 2 N–H and O–H groups in total. The SMILES string of the molecule is CN(C)CC#CC#Cc1ccc2nn(CC[C@](C)(C(=O)NO)S(C)(=O)=O)cc2c1. The molecule has 0 unspecified atom stereocenters. The van der Waals surface area contributed by atoms with E-state index in [9.17, 15) is 13.2 Å². The van der Waals surface area contributed by atoms with Crippen LogP contribution in [0.2, 0.25) is 0 Å². The molecule has 2 rings (SSSR count). The van der Waals surface area contributed by atoms with Crippen molar-refractivity contribution in [2.75, 3.05) is 26.9 Å². The molecule has 154 valence electrons. The van der Waals surface area contributed by atoms with Gasteiger partial charge in [0.25, 0.3) is 5.91 Å². The number of hydroxylamine groups is 1. The highest BCUT2D eigenvalue weighted by Gasteiger charge is 2.43. The van der Waals surface area contributed by atoms with Gasteiger partial charge < -0.3 is 0 Å². The first-order valence-corrected chi connectivity index (χ1v) is 10.7. The van der Waals surface area contributed by atoms with Crippen molar-refractivity contribution < 1.29 is 18.4 Å². The largest absolute Gasteiger partial charge is 0.298 e. The minimum atomic E-state index is -3.75. The summed E-state index contributed by atoms with van der Waals surface area (Å²) in [6, 6.07) is 5.52. The number of fused-ring (bicyclic) bond motifs is 1. The van der Waals surface area contributed by atoms with Crippen LogP contribution in [0.3, 0.4) is 0 Å². The monoisotopic (exact) mass is 416 g/mol. The molecule has 0 aliphatic rings. The molecular weight excluding hydrogens is 392 g/mol. The van der Waals surface area contributed by atoms with E-state index in [1.165, 1.54) is 12.4 Å². The van der Waals surface area contributed by atoms with E-state index in [0.717, 1.165) is 22.7 Å². The number of aromatic nitrogens is 2. The van der Waals surface area contributed by atoms with Gasteiger partial charge in [0, 0.05) is 29.9 Å². The van der Waals surface area contributed by atoms with Gasteiger partial charge in [-0.25, -0.2) is 13.9 Å². The molecule has 9 heteroatoms. The van der Waals surface area contributed by atoms with Crippen LogP contribution in [-0.2, 0) is 21.2 Å². The summed E-state index contributed by atoms with van der Waals surface area (Å²) in [4.78, 5) is 13.9. The van der Waals surface area contributed by atoms with Crippen molar-refractivity contribution in [3.8, 4) is 23.7 Å². The summed E-state index contributed by atoms with van der Waals surface area (Å²) in [6.45, 7) is 2.10. The molecule has 1 amide bonds. The molecule has 0 radical (unpaired) electrons. The molecule has 1 aromatic carbocycles. The van der Waals surface area contributed by atoms with Gasteiger partial charge in [-0.1, -0.05) is 11.8 Å². The molecule has 1 heterocycles. The maximum atomic E-state index is 12.0. The first-order valence-electron chi connectivity index (χ1n) is 8.82. The third-order valence-electron chi connectivity index (χ3n) is 4.52. The molecule has 0 spiro atoms. The number of nitrogens with one attached hydrogen (secondary N) is 1. The van der Waals surface area contributed by atoms with Crippen molar-refractivity contribution in [3.63, 3.8) is 0 Å². The Kier molecular flexibility index (Phi) is 7.04. The Labute approximate surface area is 170 Å². The zero-order valence-corrected chi connectivity index (χ0v) is 17.7. The molecule has 0 saturated heterocycles. The lowest BCUT2D eigenvalue weighted by Crippen LogP contribution is -2.49. The molecule has 0 aliphatic heterocycles. The number of nitrogens with zero attached hydrogens (tertiary/aromatic N) is 3. The molecule has 0 aliphatic carbocycles. The van der Waals surface area contributed by atoms with E-state index in [4.69, 9.17) is 5.21 Å². The lowest BCUT2D eigenvalue weighted by molar-refractivity contribution is -0.131. The minimum Gasteiger partial charge on any atom is -0.298 e. The fourth-order valence-electron chi connectivity index (χ4n) is 2.53. The predicted molar refractivity (Wildman–Crippen MR) is 111 cm³/mol. The third-order valence-corrected chi connectivity index (χ3v) is 6.55. The van der Waals surface area contributed by atoms with Gasteiger partial charge in [0.2, 0.25) is 0 Å². The summed E-state index contributed by atoms with van der Waals surface area (Å²) < 4.78 is 23.9. The van der Waals surface area contributed by atoms with Gasteiger partial charge in [0.15, 0.2) is 14.6 Å². The van der Waals surface area contributed by atoms with Crippen LogP contribution in [0.4, 0.5) is 0 Å².